The van der Waals surface area contributed by atoms with E-state index in [2.05, 4.69) is 23.3 Å². The van der Waals surface area contributed by atoms with Gasteiger partial charge in [-0.1, -0.05) is 42.8 Å². The molecule has 2 aromatic rings. The summed E-state index contributed by atoms with van der Waals surface area (Å²) in [5.41, 5.74) is 2.27. The molecule has 106 valence electrons. The molecule has 2 rings (SSSR count). The number of hydrogen-bond acceptors (Lipinski definition) is 3. The first kappa shape index (κ1) is 14.8. The number of rotatable bonds is 6. The van der Waals surface area contributed by atoms with Gasteiger partial charge in [0.2, 0.25) is 5.88 Å². The zero-order chi connectivity index (χ0) is 14.4. The molecule has 1 atom stereocenters. The molecule has 0 saturated heterocycles. The molecule has 20 heavy (non-hydrogen) atoms. The van der Waals surface area contributed by atoms with Crippen molar-refractivity contribution in [2.75, 3.05) is 13.7 Å². The van der Waals surface area contributed by atoms with Gasteiger partial charge in [0.25, 0.3) is 0 Å². The second-order valence-electron chi connectivity index (χ2n) is 4.54. The number of ether oxygens (including phenoxy) is 1. The van der Waals surface area contributed by atoms with Crippen LogP contribution in [0.2, 0.25) is 5.02 Å². The van der Waals surface area contributed by atoms with Crippen molar-refractivity contribution < 1.29 is 4.74 Å². The highest BCUT2D eigenvalue weighted by atomic mass is 35.5. The second-order valence-corrected chi connectivity index (χ2v) is 4.95. The Bertz CT molecular complexity index is 542. The maximum atomic E-state index is 6.29. The summed E-state index contributed by atoms with van der Waals surface area (Å²) in [5.74, 6) is 0.631. The second kappa shape index (κ2) is 7.27. The molecular formula is C16H19ClN2O. The van der Waals surface area contributed by atoms with Crippen molar-refractivity contribution in [3.63, 3.8) is 0 Å². The van der Waals surface area contributed by atoms with Crippen molar-refractivity contribution in [1.29, 1.82) is 0 Å². The third-order valence-electron chi connectivity index (χ3n) is 3.18. The van der Waals surface area contributed by atoms with Crippen LogP contribution in [-0.4, -0.2) is 18.6 Å². The number of halogens is 1. The first-order chi connectivity index (χ1) is 9.74. The number of aromatic nitrogens is 1. The van der Waals surface area contributed by atoms with Gasteiger partial charge in [0.1, 0.15) is 0 Å². The Morgan fingerprint density at radius 1 is 1.25 bits per heavy atom. The van der Waals surface area contributed by atoms with Gasteiger partial charge >= 0.3 is 0 Å². The van der Waals surface area contributed by atoms with Crippen molar-refractivity contribution in [2.45, 2.75) is 19.4 Å². The summed E-state index contributed by atoms with van der Waals surface area (Å²) in [5, 5.41) is 4.26. The minimum Gasteiger partial charge on any atom is -0.481 e. The van der Waals surface area contributed by atoms with Gasteiger partial charge in [-0.3, -0.25) is 0 Å². The van der Waals surface area contributed by atoms with Gasteiger partial charge in [-0.15, -0.1) is 0 Å². The Hall–Kier alpha value is -1.58. The summed E-state index contributed by atoms with van der Waals surface area (Å²) in [7, 11) is 1.62. The quantitative estimate of drug-likeness (QED) is 0.882. The molecule has 0 fully saturated rings. The lowest BCUT2D eigenvalue weighted by Gasteiger charge is -2.19. The lowest BCUT2D eigenvalue weighted by Crippen LogP contribution is -2.23. The molecule has 0 spiro atoms. The maximum Gasteiger partial charge on any atom is 0.212 e. The van der Waals surface area contributed by atoms with Crippen molar-refractivity contribution in [2.24, 2.45) is 0 Å². The molecule has 1 N–H and O–H groups in total. The summed E-state index contributed by atoms with van der Waals surface area (Å²) in [6, 6.07) is 12.0. The fraction of sp³-hybridized carbons (Fsp3) is 0.312. The third-order valence-corrected chi connectivity index (χ3v) is 3.52. The van der Waals surface area contributed by atoms with Gasteiger partial charge in [0, 0.05) is 23.3 Å². The van der Waals surface area contributed by atoms with Gasteiger partial charge in [-0.25, -0.2) is 4.98 Å². The van der Waals surface area contributed by atoms with Crippen LogP contribution < -0.4 is 10.1 Å². The lowest BCUT2D eigenvalue weighted by molar-refractivity contribution is 0.397. The first-order valence-electron chi connectivity index (χ1n) is 6.71. The van der Waals surface area contributed by atoms with Crippen molar-refractivity contribution >= 4 is 11.6 Å². The Morgan fingerprint density at radius 3 is 2.65 bits per heavy atom. The molecule has 0 radical (unpaired) electrons. The van der Waals surface area contributed by atoms with Crippen LogP contribution in [0.4, 0.5) is 0 Å². The number of pyridine rings is 1. The summed E-state index contributed by atoms with van der Waals surface area (Å²) in [6.45, 7) is 2.98. The zero-order valence-corrected chi connectivity index (χ0v) is 12.5. The Balaban J connectivity index is 2.18. The highest BCUT2D eigenvalue weighted by Gasteiger charge is 2.14. The standard InChI is InChI=1S/C16H19ClN2O/c1-3-18-15(13-6-4-5-7-14(13)17)10-12-8-9-16(20-2)19-11-12/h4-9,11,15,18H,3,10H2,1-2H3. The summed E-state index contributed by atoms with van der Waals surface area (Å²) in [6.07, 6.45) is 2.69. The van der Waals surface area contributed by atoms with E-state index < -0.39 is 0 Å². The van der Waals surface area contributed by atoms with E-state index in [1.807, 2.05) is 36.5 Å². The van der Waals surface area contributed by atoms with Crippen LogP contribution in [0.15, 0.2) is 42.6 Å². The average molecular weight is 291 g/mol. The summed E-state index contributed by atoms with van der Waals surface area (Å²) in [4.78, 5) is 4.24. The minimum absolute atomic E-state index is 0.184. The van der Waals surface area contributed by atoms with Crippen molar-refractivity contribution in [3.05, 3.63) is 58.7 Å². The van der Waals surface area contributed by atoms with Gasteiger partial charge in [0.05, 0.1) is 7.11 Å². The average Bonchev–Trinajstić information content (AvgIpc) is 2.48. The summed E-state index contributed by atoms with van der Waals surface area (Å²) < 4.78 is 5.08. The van der Waals surface area contributed by atoms with Crippen LogP contribution in [0.1, 0.15) is 24.1 Å². The molecule has 1 aromatic heterocycles. The highest BCUT2D eigenvalue weighted by Crippen LogP contribution is 2.25. The van der Waals surface area contributed by atoms with E-state index in [9.17, 15) is 0 Å². The number of nitrogens with one attached hydrogen (secondary N) is 1. The Morgan fingerprint density at radius 2 is 2.05 bits per heavy atom. The number of hydrogen-bond donors (Lipinski definition) is 1. The van der Waals surface area contributed by atoms with E-state index in [1.54, 1.807) is 7.11 Å². The van der Waals surface area contributed by atoms with Gasteiger partial charge in [0.15, 0.2) is 0 Å². The van der Waals surface area contributed by atoms with Crippen LogP contribution in [0.3, 0.4) is 0 Å². The van der Waals surface area contributed by atoms with Crippen molar-refractivity contribution in [1.82, 2.24) is 10.3 Å². The van der Waals surface area contributed by atoms with Crippen molar-refractivity contribution in [3.8, 4) is 5.88 Å². The molecule has 1 aromatic carbocycles. The van der Waals surface area contributed by atoms with Crippen LogP contribution in [0.5, 0.6) is 5.88 Å². The fourth-order valence-corrected chi connectivity index (χ4v) is 2.45. The largest absolute Gasteiger partial charge is 0.481 e. The Kier molecular flexibility index (Phi) is 5.39. The van der Waals surface area contributed by atoms with Crippen LogP contribution >= 0.6 is 11.6 Å². The van der Waals surface area contributed by atoms with E-state index >= 15 is 0 Å². The lowest BCUT2D eigenvalue weighted by atomic mass is 10.00. The van der Waals surface area contributed by atoms with E-state index in [4.69, 9.17) is 16.3 Å². The molecule has 0 aliphatic heterocycles. The fourth-order valence-electron chi connectivity index (χ4n) is 2.18. The predicted octanol–water partition coefficient (Wildman–Crippen LogP) is 3.64. The monoisotopic (exact) mass is 290 g/mol. The van der Waals surface area contributed by atoms with E-state index in [1.165, 1.54) is 0 Å². The van der Waals surface area contributed by atoms with Crippen LogP contribution in [0.25, 0.3) is 0 Å². The Labute approximate surface area is 124 Å². The molecule has 1 heterocycles. The van der Waals surface area contributed by atoms with E-state index in [0.717, 1.165) is 29.1 Å². The molecule has 0 amide bonds. The maximum absolute atomic E-state index is 6.29. The van der Waals surface area contributed by atoms with Gasteiger partial charge < -0.3 is 10.1 Å². The topological polar surface area (TPSA) is 34.1 Å². The molecule has 3 nitrogen and oxygen atoms in total. The zero-order valence-electron chi connectivity index (χ0n) is 11.8. The molecule has 0 saturated carbocycles. The van der Waals surface area contributed by atoms with Crippen LogP contribution in [0, 0.1) is 0 Å². The molecule has 4 heteroatoms. The van der Waals surface area contributed by atoms with E-state index in [0.29, 0.717) is 5.88 Å². The molecular weight excluding hydrogens is 272 g/mol. The first-order valence-corrected chi connectivity index (χ1v) is 7.09. The third kappa shape index (κ3) is 3.71. The van der Waals surface area contributed by atoms with Gasteiger partial charge in [-0.2, -0.15) is 0 Å². The summed E-state index contributed by atoms with van der Waals surface area (Å²) >= 11 is 6.29. The predicted molar refractivity (Wildman–Crippen MR) is 82.4 cm³/mol. The number of likely N-dealkylation sites (N-methyl/N-ethyl adjacent to an activating group) is 1. The molecule has 0 aliphatic rings. The van der Waals surface area contributed by atoms with E-state index in [-0.39, 0.29) is 6.04 Å². The number of methoxy groups -OCH3 is 1. The van der Waals surface area contributed by atoms with Crippen LogP contribution in [-0.2, 0) is 6.42 Å². The molecule has 0 bridgehead atoms. The normalized spacial score (nSPS) is 12.2. The minimum atomic E-state index is 0.184. The van der Waals surface area contributed by atoms with Gasteiger partial charge in [-0.05, 0) is 30.2 Å². The molecule has 0 aliphatic carbocycles. The smallest absolute Gasteiger partial charge is 0.212 e. The SMILES string of the molecule is CCNC(Cc1ccc(OC)nc1)c1ccccc1Cl. The number of nitrogens with zero attached hydrogens (tertiary/aromatic N) is 1. The molecule has 1 unspecified atom stereocenters. The highest BCUT2D eigenvalue weighted by molar-refractivity contribution is 6.31. The number of benzene rings is 1.